The Morgan fingerprint density at radius 3 is 2.65 bits per heavy atom. The Morgan fingerprint density at radius 2 is 1.94 bits per heavy atom. The number of fused-ring (bicyclic) bond motifs is 4. The highest BCUT2D eigenvalue weighted by Gasteiger charge is 2.70. The van der Waals surface area contributed by atoms with Gasteiger partial charge in [-0.1, -0.05) is 18.2 Å². The molecule has 0 radical (unpaired) electrons. The first-order valence-electron chi connectivity index (χ1n) is 10.7. The number of carbonyl (C=O) groups is 3. The van der Waals surface area contributed by atoms with Gasteiger partial charge in [0.05, 0.1) is 23.9 Å². The molecular weight excluding hydrogens is 460 g/mol. The van der Waals surface area contributed by atoms with E-state index in [1.165, 1.54) is 19.2 Å². The highest BCUT2D eigenvalue weighted by atomic mass is 32.2. The van der Waals surface area contributed by atoms with Crippen LogP contribution < -0.4 is 20.3 Å². The van der Waals surface area contributed by atoms with Crippen LogP contribution in [0.5, 0.6) is 5.75 Å². The van der Waals surface area contributed by atoms with Gasteiger partial charge in [0.2, 0.25) is 17.7 Å². The van der Waals surface area contributed by atoms with Gasteiger partial charge in [-0.25, -0.2) is 4.90 Å². The van der Waals surface area contributed by atoms with E-state index in [9.17, 15) is 24.5 Å². The van der Waals surface area contributed by atoms with Crippen molar-refractivity contribution in [3.63, 3.8) is 0 Å². The number of hydrogen-bond donors (Lipinski definition) is 2. The van der Waals surface area contributed by atoms with Crippen LogP contribution in [0.25, 0.3) is 0 Å². The Balaban J connectivity index is 1.67. The van der Waals surface area contributed by atoms with Crippen LogP contribution in [-0.2, 0) is 19.9 Å². The van der Waals surface area contributed by atoms with Crippen LogP contribution in [0.2, 0.25) is 0 Å². The molecule has 34 heavy (non-hydrogen) atoms. The van der Waals surface area contributed by atoms with Crippen molar-refractivity contribution < 1.29 is 24.0 Å². The van der Waals surface area contributed by atoms with Gasteiger partial charge in [0.15, 0.2) is 0 Å². The van der Waals surface area contributed by atoms with Crippen molar-refractivity contribution in [1.29, 1.82) is 0 Å². The number of carbonyl (C=O) groups excluding carboxylic acids is 3. The Labute approximate surface area is 199 Å². The molecule has 3 aliphatic rings. The van der Waals surface area contributed by atoms with Gasteiger partial charge in [0.25, 0.3) is 5.69 Å². The molecular formula is C23H22N4O6S. The number of non-ortho nitro benzene ring substituents is 1. The average molecular weight is 483 g/mol. The summed E-state index contributed by atoms with van der Waals surface area (Å²) in [6.07, 6.45) is 2.51. The second kappa shape index (κ2) is 8.10. The third kappa shape index (κ3) is 2.96. The molecule has 0 unspecified atom stereocenters. The lowest BCUT2D eigenvalue weighted by Crippen LogP contribution is -2.53. The third-order valence-electron chi connectivity index (χ3n) is 6.87. The summed E-state index contributed by atoms with van der Waals surface area (Å²) < 4.78 is 5.33. The van der Waals surface area contributed by atoms with Gasteiger partial charge >= 0.3 is 0 Å². The number of nitrogens with zero attached hydrogens (tertiary/aromatic N) is 2. The summed E-state index contributed by atoms with van der Waals surface area (Å²) in [4.78, 5) is 52.9. The van der Waals surface area contributed by atoms with Gasteiger partial charge in [-0.3, -0.25) is 29.8 Å². The standard InChI is InChI=1S/C23H22N4O6S/c1-33-17-8-7-12(27(31)32)11-16(17)26-20(28)18-15(9-10-34-2)25-23(19(18)21(26)29)13-5-3-4-6-14(13)24-22(23)30/h3-8,11,15,18-19,25H,9-10H2,1-2H3,(H,24,30)/t15-,18+,19+,23-/m1/s1. The molecule has 2 fully saturated rings. The average Bonchev–Trinajstić information content (AvgIpc) is 3.41. The summed E-state index contributed by atoms with van der Waals surface area (Å²) >= 11 is 1.61. The maximum absolute atomic E-state index is 13.9. The zero-order valence-corrected chi connectivity index (χ0v) is 19.3. The minimum absolute atomic E-state index is 0.00607. The number of thioether (sulfide) groups is 1. The number of nitro groups is 1. The van der Waals surface area contributed by atoms with E-state index in [1.54, 1.807) is 36.0 Å². The summed E-state index contributed by atoms with van der Waals surface area (Å²) in [5, 5.41) is 17.6. The van der Waals surface area contributed by atoms with E-state index in [-0.39, 0.29) is 23.0 Å². The van der Waals surface area contributed by atoms with Gasteiger partial charge < -0.3 is 10.1 Å². The molecule has 2 aromatic carbocycles. The molecule has 2 aromatic rings. The van der Waals surface area contributed by atoms with Crippen molar-refractivity contribution in [2.75, 3.05) is 29.3 Å². The summed E-state index contributed by atoms with van der Waals surface area (Å²) in [6.45, 7) is 0. The molecule has 0 aliphatic carbocycles. The second-order valence-corrected chi connectivity index (χ2v) is 9.45. The molecule has 10 nitrogen and oxygen atoms in total. The smallest absolute Gasteiger partial charge is 0.271 e. The largest absolute Gasteiger partial charge is 0.495 e. The fourth-order valence-corrected chi connectivity index (χ4v) is 5.95. The number of anilines is 2. The number of benzene rings is 2. The van der Waals surface area contributed by atoms with Crippen LogP contribution in [-0.4, -0.2) is 47.8 Å². The van der Waals surface area contributed by atoms with Crippen molar-refractivity contribution in [2.24, 2.45) is 11.8 Å². The number of ether oxygens (including phenoxy) is 1. The molecule has 1 spiro atoms. The van der Waals surface area contributed by atoms with Crippen molar-refractivity contribution >= 4 is 46.5 Å². The maximum Gasteiger partial charge on any atom is 0.271 e. The molecule has 0 saturated carbocycles. The lowest BCUT2D eigenvalue weighted by Gasteiger charge is -2.29. The van der Waals surface area contributed by atoms with Crippen LogP contribution in [0.15, 0.2) is 42.5 Å². The van der Waals surface area contributed by atoms with E-state index in [1.807, 2.05) is 6.26 Å². The Morgan fingerprint density at radius 1 is 1.18 bits per heavy atom. The highest BCUT2D eigenvalue weighted by Crippen LogP contribution is 2.54. The van der Waals surface area contributed by atoms with Crippen molar-refractivity contribution in [3.05, 3.63) is 58.1 Å². The fourth-order valence-electron chi connectivity index (χ4n) is 5.46. The molecule has 176 valence electrons. The van der Waals surface area contributed by atoms with Gasteiger partial charge in [0.1, 0.15) is 17.0 Å². The molecule has 3 heterocycles. The second-order valence-electron chi connectivity index (χ2n) is 8.47. The Kier molecular flexibility index (Phi) is 5.33. The minimum Gasteiger partial charge on any atom is -0.495 e. The quantitative estimate of drug-likeness (QED) is 0.364. The number of methoxy groups -OCH3 is 1. The first-order valence-corrected chi connectivity index (χ1v) is 12.1. The molecule has 5 rings (SSSR count). The summed E-state index contributed by atoms with van der Waals surface area (Å²) in [6, 6.07) is 10.5. The molecule has 0 bridgehead atoms. The molecule has 4 atom stereocenters. The summed E-state index contributed by atoms with van der Waals surface area (Å²) in [5.74, 6) is -2.39. The van der Waals surface area contributed by atoms with Crippen LogP contribution in [0, 0.1) is 22.0 Å². The van der Waals surface area contributed by atoms with Gasteiger partial charge in [-0.15, -0.1) is 0 Å². The molecule has 11 heteroatoms. The predicted octanol–water partition coefficient (Wildman–Crippen LogP) is 2.28. The maximum atomic E-state index is 13.9. The molecule has 3 aliphatic heterocycles. The number of nitrogens with one attached hydrogen (secondary N) is 2. The Bertz CT molecular complexity index is 1240. The van der Waals surface area contributed by atoms with E-state index in [2.05, 4.69) is 10.6 Å². The van der Waals surface area contributed by atoms with Crippen LogP contribution in [0.4, 0.5) is 17.1 Å². The highest BCUT2D eigenvalue weighted by molar-refractivity contribution is 7.98. The molecule has 2 N–H and O–H groups in total. The number of imide groups is 1. The topological polar surface area (TPSA) is 131 Å². The summed E-state index contributed by atoms with van der Waals surface area (Å²) in [5.41, 5.74) is -0.456. The van der Waals surface area contributed by atoms with Crippen molar-refractivity contribution in [1.82, 2.24) is 5.32 Å². The zero-order valence-electron chi connectivity index (χ0n) is 18.4. The molecule has 0 aromatic heterocycles. The van der Waals surface area contributed by atoms with E-state index < -0.39 is 40.2 Å². The number of para-hydroxylation sites is 1. The monoisotopic (exact) mass is 482 g/mol. The third-order valence-corrected chi connectivity index (χ3v) is 7.51. The molecule has 2 saturated heterocycles. The first-order chi connectivity index (χ1) is 16.3. The van der Waals surface area contributed by atoms with E-state index in [0.717, 1.165) is 16.7 Å². The number of nitro benzene ring substituents is 1. The SMILES string of the molecule is COc1ccc([N+](=O)[O-])cc1N1C(=O)[C@@H]2[C@@H](C1=O)[C@@]1(N[C@@H]2CCSC)C(=O)Nc2ccccc21. The van der Waals surface area contributed by atoms with Crippen molar-refractivity contribution in [2.45, 2.75) is 18.0 Å². The lowest BCUT2D eigenvalue weighted by atomic mass is 9.76. The predicted molar refractivity (Wildman–Crippen MR) is 126 cm³/mol. The van der Waals surface area contributed by atoms with Crippen LogP contribution in [0.1, 0.15) is 12.0 Å². The van der Waals surface area contributed by atoms with Gasteiger partial charge in [0, 0.05) is 29.4 Å². The van der Waals surface area contributed by atoms with Gasteiger partial charge in [-0.2, -0.15) is 11.8 Å². The first kappa shape index (κ1) is 22.4. The molecule has 3 amide bonds. The van der Waals surface area contributed by atoms with E-state index in [4.69, 9.17) is 4.74 Å². The van der Waals surface area contributed by atoms with E-state index >= 15 is 0 Å². The fraction of sp³-hybridized carbons (Fsp3) is 0.348. The zero-order chi connectivity index (χ0) is 24.2. The van der Waals surface area contributed by atoms with Crippen molar-refractivity contribution in [3.8, 4) is 5.75 Å². The van der Waals surface area contributed by atoms with Crippen LogP contribution >= 0.6 is 11.8 Å². The summed E-state index contributed by atoms with van der Waals surface area (Å²) in [7, 11) is 1.36. The van der Waals surface area contributed by atoms with Gasteiger partial charge in [-0.05, 0) is 30.6 Å². The van der Waals surface area contributed by atoms with Crippen LogP contribution in [0.3, 0.4) is 0 Å². The Hall–Kier alpha value is -3.44. The number of rotatable bonds is 6. The number of amides is 3. The number of hydrogen-bond acceptors (Lipinski definition) is 8. The minimum atomic E-state index is -1.40. The lowest BCUT2D eigenvalue weighted by molar-refractivity contribution is -0.384. The van der Waals surface area contributed by atoms with E-state index in [0.29, 0.717) is 17.7 Å². The normalized spacial score (nSPS) is 27.2.